The summed E-state index contributed by atoms with van der Waals surface area (Å²) in [6.45, 7) is 6.90. The maximum Gasteiger partial charge on any atom is 0.253 e. The van der Waals surface area contributed by atoms with E-state index in [-0.39, 0.29) is 17.1 Å². The van der Waals surface area contributed by atoms with Crippen LogP contribution in [0.15, 0.2) is 12.1 Å². The van der Waals surface area contributed by atoms with Crippen molar-refractivity contribution in [3.05, 3.63) is 44.4 Å². The molecule has 1 saturated heterocycles. The SMILES string of the molecule is CCc1nc2c(s1)CC1(CCN(C(=O)c3cc(C)c(N)c(C(C)=N)c3)CC1)CC2=O. The second kappa shape index (κ2) is 7.61. The lowest BCUT2D eigenvalue weighted by atomic mass is 9.68. The molecule has 0 unspecified atom stereocenters. The summed E-state index contributed by atoms with van der Waals surface area (Å²) in [6, 6.07) is 3.55. The summed E-state index contributed by atoms with van der Waals surface area (Å²) < 4.78 is 0. The number of carbonyl (C=O) groups is 2. The summed E-state index contributed by atoms with van der Waals surface area (Å²) in [4.78, 5) is 33.4. The number of amides is 1. The van der Waals surface area contributed by atoms with Crippen LogP contribution in [0.25, 0.3) is 0 Å². The number of nitrogen functional groups attached to an aromatic ring is 1. The number of hydrogen-bond acceptors (Lipinski definition) is 6. The Hall–Kier alpha value is -2.54. The number of nitrogens with one attached hydrogen (secondary N) is 1. The fraction of sp³-hybridized carbons (Fsp3) is 0.478. The molecule has 2 aromatic rings. The molecule has 30 heavy (non-hydrogen) atoms. The number of benzene rings is 1. The Labute approximate surface area is 181 Å². The minimum atomic E-state index is -0.0495. The van der Waals surface area contributed by atoms with E-state index >= 15 is 0 Å². The molecule has 0 radical (unpaired) electrons. The molecule has 1 spiro atoms. The first-order valence-electron chi connectivity index (χ1n) is 10.5. The van der Waals surface area contributed by atoms with Crippen LogP contribution in [0.4, 0.5) is 5.69 Å². The van der Waals surface area contributed by atoms with Crippen molar-refractivity contribution in [2.24, 2.45) is 5.41 Å². The quantitative estimate of drug-likeness (QED) is 0.574. The summed E-state index contributed by atoms with van der Waals surface area (Å²) in [6.07, 6.45) is 3.94. The van der Waals surface area contributed by atoms with Gasteiger partial charge in [-0.15, -0.1) is 11.3 Å². The van der Waals surface area contributed by atoms with Crippen molar-refractivity contribution < 1.29 is 9.59 Å². The molecular formula is C23H28N4O2S. The van der Waals surface area contributed by atoms with Gasteiger partial charge in [0.25, 0.3) is 5.91 Å². The molecule has 0 atom stereocenters. The second-order valence-electron chi connectivity index (χ2n) is 8.68. The van der Waals surface area contributed by atoms with E-state index in [2.05, 4.69) is 11.9 Å². The third kappa shape index (κ3) is 3.55. The van der Waals surface area contributed by atoms with Gasteiger partial charge in [-0.1, -0.05) is 6.92 Å². The Morgan fingerprint density at radius 1 is 1.30 bits per heavy atom. The van der Waals surface area contributed by atoms with Crippen LogP contribution in [0.1, 0.15) is 75.0 Å². The smallest absolute Gasteiger partial charge is 0.253 e. The highest BCUT2D eigenvalue weighted by atomic mass is 32.1. The monoisotopic (exact) mass is 424 g/mol. The van der Waals surface area contributed by atoms with Crippen molar-refractivity contribution in [2.45, 2.75) is 52.9 Å². The standard InChI is InChI=1S/C23H28N4O2S/c1-4-19-26-21-17(28)11-23(12-18(21)30-19)5-7-27(8-6-23)22(29)15-9-13(2)20(25)16(10-15)14(3)24/h9-10,24H,4-8,11-12,25H2,1-3H3. The molecule has 6 nitrogen and oxygen atoms in total. The predicted octanol–water partition coefficient (Wildman–Crippen LogP) is 4.04. The number of hydrogen-bond donors (Lipinski definition) is 2. The van der Waals surface area contributed by atoms with Gasteiger partial charge in [-0.25, -0.2) is 4.98 Å². The summed E-state index contributed by atoms with van der Waals surface area (Å²) in [7, 11) is 0. The number of aryl methyl sites for hydroxylation is 2. The number of carbonyl (C=O) groups excluding carboxylic acids is 2. The van der Waals surface area contributed by atoms with E-state index < -0.39 is 0 Å². The number of nitrogens with two attached hydrogens (primary N) is 1. The molecule has 3 N–H and O–H groups in total. The van der Waals surface area contributed by atoms with E-state index in [4.69, 9.17) is 11.1 Å². The lowest BCUT2D eigenvalue weighted by Gasteiger charge is -2.43. The van der Waals surface area contributed by atoms with Gasteiger partial charge in [0, 0.05) is 46.9 Å². The largest absolute Gasteiger partial charge is 0.398 e. The summed E-state index contributed by atoms with van der Waals surface area (Å²) in [5.74, 6) is 0.136. The van der Waals surface area contributed by atoms with Crippen LogP contribution in [-0.2, 0) is 12.8 Å². The van der Waals surface area contributed by atoms with E-state index in [0.717, 1.165) is 41.1 Å². The fourth-order valence-electron chi connectivity index (χ4n) is 4.67. The zero-order chi connectivity index (χ0) is 21.6. The van der Waals surface area contributed by atoms with Crippen molar-refractivity contribution in [2.75, 3.05) is 18.8 Å². The van der Waals surface area contributed by atoms with Crippen molar-refractivity contribution in [1.29, 1.82) is 5.41 Å². The predicted molar refractivity (Wildman–Crippen MR) is 120 cm³/mol. The third-order valence-electron chi connectivity index (χ3n) is 6.53. The van der Waals surface area contributed by atoms with Crippen LogP contribution < -0.4 is 5.73 Å². The van der Waals surface area contributed by atoms with Crippen LogP contribution in [0.3, 0.4) is 0 Å². The average molecular weight is 425 g/mol. The number of thiazole rings is 1. The van der Waals surface area contributed by atoms with Gasteiger partial charge in [0.2, 0.25) is 0 Å². The Balaban J connectivity index is 1.51. The summed E-state index contributed by atoms with van der Waals surface area (Å²) >= 11 is 1.67. The minimum Gasteiger partial charge on any atom is -0.398 e. The van der Waals surface area contributed by atoms with Crippen molar-refractivity contribution >= 4 is 34.4 Å². The number of rotatable bonds is 3. The Bertz CT molecular complexity index is 1050. The van der Waals surface area contributed by atoms with Crippen molar-refractivity contribution in [3.63, 3.8) is 0 Å². The summed E-state index contributed by atoms with van der Waals surface area (Å²) in [5.41, 5.74) is 9.66. The maximum absolute atomic E-state index is 13.2. The van der Waals surface area contributed by atoms with Gasteiger partial charge in [0.1, 0.15) is 5.69 Å². The Kier molecular flexibility index (Phi) is 5.26. The molecule has 1 aliphatic heterocycles. The van der Waals surface area contributed by atoms with E-state index in [1.165, 1.54) is 0 Å². The minimum absolute atomic E-state index is 0.0238. The number of piperidine rings is 1. The lowest BCUT2D eigenvalue weighted by Crippen LogP contribution is -2.46. The maximum atomic E-state index is 13.2. The van der Waals surface area contributed by atoms with E-state index in [1.54, 1.807) is 24.3 Å². The molecule has 0 saturated carbocycles. The molecule has 1 aromatic carbocycles. The van der Waals surface area contributed by atoms with Gasteiger partial charge in [-0.3, -0.25) is 9.59 Å². The highest BCUT2D eigenvalue weighted by molar-refractivity contribution is 7.12. The van der Waals surface area contributed by atoms with Crippen LogP contribution in [0.5, 0.6) is 0 Å². The zero-order valence-corrected chi connectivity index (χ0v) is 18.6. The van der Waals surface area contributed by atoms with Gasteiger partial charge in [-0.05, 0) is 62.6 Å². The van der Waals surface area contributed by atoms with Crippen molar-refractivity contribution in [1.82, 2.24) is 9.88 Å². The van der Waals surface area contributed by atoms with E-state index in [9.17, 15) is 9.59 Å². The third-order valence-corrected chi connectivity index (χ3v) is 7.73. The van der Waals surface area contributed by atoms with Crippen LogP contribution >= 0.6 is 11.3 Å². The topological polar surface area (TPSA) is 100 Å². The number of likely N-dealkylation sites (tertiary alicyclic amines) is 1. The molecule has 1 amide bonds. The van der Waals surface area contributed by atoms with E-state index in [1.807, 2.05) is 17.9 Å². The molecule has 1 fully saturated rings. The highest BCUT2D eigenvalue weighted by Crippen LogP contribution is 2.45. The number of ketones is 1. The van der Waals surface area contributed by atoms with Crippen LogP contribution in [-0.4, -0.2) is 40.4 Å². The van der Waals surface area contributed by atoms with E-state index in [0.29, 0.717) is 47.7 Å². The highest BCUT2D eigenvalue weighted by Gasteiger charge is 2.43. The molecule has 2 heterocycles. The average Bonchev–Trinajstić information content (AvgIpc) is 3.13. The molecule has 2 aliphatic rings. The number of Topliss-reactive ketones (excluding diaryl/α,β-unsaturated/α-hetero) is 1. The Morgan fingerprint density at radius 3 is 2.63 bits per heavy atom. The molecule has 4 rings (SSSR count). The number of fused-ring (bicyclic) bond motifs is 1. The van der Waals surface area contributed by atoms with Crippen LogP contribution in [0, 0.1) is 17.7 Å². The number of aromatic nitrogens is 1. The van der Waals surface area contributed by atoms with Crippen LogP contribution in [0.2, 0.25) is 0 Å². The fourth-order valence-corrected chi connectivity index (χ4v) is 5.87. The first kappa shape index (κ1) is 20.7. The Morgan fingerprint density at radius 2 is 2.00 bits per heavy atom. The molecule has 0 bridgehead atoms. The molecule has 1 aliphatic carbocycles. The normalized spacial score (nSPS) is 17.8. The summed E-state index contributed by atoms with van der Waals surface area (Å²) in [5, 5.41) is 8.97. The van der Waals surface area contributed by atoms with Gasteiger partial charge < -0.3 is 16.0 Å². The first-order valence-corrected chi connectivity index (χ1v) is 11.3. The zero-order valence-electron chi connectivity index (χ0n) is 17.8. The lowest BCUT2D eigenvalue weighted by molar-refractivity contribution is 0.0522. The number of nitrogens with zero attached hydrogens (tertiary/aromatic N) is 2. The molecule has 158 valence electrons. The van der Waals surface area contributed by atoms with Crippen molar-refractivity contribution in [3.8, 4) is 0 Å². The number of anilines is 1. The van der Waals surface area contributed by atoms with Gasteiger partial charge in [0.15, 0.2) is 5.78 Å². The molecular weight excluding hydrogens is 396 g/mol. The molecule has 1 aromatic heterocycles. The second-order valence-corrected chi connectivity index (χ2v) is 9.85. The molecule has 7 heteroatoms. The first-order chi connectivity index (χ1) is 14.2. The van der Waals surface area contributed by atoms with Gasteiger partial charge in [0.05, 0.1) is 5.01 Å². The van der Waals surface area contributed by atoms with Gasteiger partial charge in [-0.2, -0.15) is 0 Å². The van der Waals surface area contributed by atoms with Gasteiger partial charge >= 0.3 is 0 Å².